The quantitative estimate of drug-likeness (QED) is 0.123. The Morgan fingerprint density at radius 3 is 2.24 bits per heavy atom. The molecule has 293 valence electrons. The zero-order valence-electron chi connectivity index (χ0n) is 34.4. The van der Waals surface area contributed by atoms with Gasteiger partial charge in [0.25, 0.3) is 0 Å². The molecule has 0 aliphatic carbocycles. The van der Waals surface area contributed by atoms with Gasteiger partial charge in [0, 0.05) is 43.7 Å². The minimum absolute atomic E-state index is 0. The predicted molar refractivity (Wildman–Crippen MR) is 240 cm³/mol. The molecular formula is C51H48IrN4OSi-2. The molecule has 9 aromatic rings. The van der Waals surface area contributed by atoms with Gasteiger partial charge in [0.1, 0.15) is 5.58 Å². The van der Waals surface area contributed by atoms with E-state index in [1.165, 1.54) is 10.8 Å². The van der Waals surface area contributed by atoms with Gasteiger partial charge in [-0.1, -0.05) is 137 Å². The van der Waals surface area contributed by atoms with E-state index in [2.05, 4.69) is 148 Å². The molecule has 0 bridgehead atoms. The van der Waals surface area contributed by atoms with Gasteiger partial charge < -0.3 is 14.0 Å². The van der Waals surface area contributed by atoms with E-state index < -0.39 is 8.07 Å². The number of furan rings is 1. The van der Waals surface area contributed by atoms with Gasteiger partial charge in [-0.2, -0.15) is 0 Å². The standard InChI is InChI=1S/C32H22N3O.C19H26NSi.Ir/c1-20-18-23(19-29-30(20)25-13-7-9-15-28(25)36-29)32-34-31-21(2)33-17-16-27(31)35(32)26-14-8-6-12-24(26)22-10-4-3-5-11-22;1-19(2,3)13-16-12-17(15-10-8-7-9-11-15)20-14-18(16)21(4,5)6;/h3-18H,1-2H3;7-10,12,14H,13H2,1-6H3;/q2*-1;. The predicted octanol–water partition coefficient (Wildman–Crippen LogP) is 12.8. The molecule has 0 saturated heterocycles. The molecule has 0 amide bonds. The van der Waals surface area contributed by atoms with Crippen LogP contribution in [0.1, 0.15) is 37.6 Å². The van der Waals surface area contributed by atoms with E-state index in [0.29, 0.717) is 0 Å². The molecule has 0 saturated carbocycles. The molecule has 0 spiro atoms. The van der Waals surface area contributed by atoms with Gasteiger partial charge >= 0.3 is 0 Å². The summed E-state index contributed by atoms with van der Waals surface area (Å²) in [7, 11) is -1.37. The van der Waals surface area contributed by atoms with Crippen LogP contribution in [0.3, 0.4) is 0 Å². The second-order valence-corrected chi connectivity index (χ2v) is 22.1. The fourth-order valence-electron chi connectivity index (χ4n) is 7.77. The average Bonchev–Trinajstić information content (AvgIpc) is 3.78. The van der Waals surface area contributed by atoms with Crippen LogP contribution in [0, 0.1) is 31.4 Å². The minimum Gasteiger partial charge on any atom is -0.477 e. The van der Waals surface area contributed by atoms with Crippen molar-refractivity contribution in [3.63, 3.8) is 0 Å². The number of pyridine rings is 2. The number of aromatic nitrogens is 4. The largest absolute Gasteiger partial charge is 0.477 e. The molecule has 58 heavy (non-hydrogen) atoms. The Balaban J connectivity index is 0.000000200. The first-order valence-corrected chi connectivity index (χ1v) is 23.2. The van der Waals surface area contributed by atoms with Crippen LogP contribution in [0.25, 0.3) is 72.4 Å². The molecule has 0 aliphatic heterocycles. The third-order valence-corrected chi connectivity index (χ3v) is 12.4. The van der Waals surface area contributed by atoms with Gasteiger partial charge in [0.2, 0.25) is 0 Å². The minimum atomic E-state index is -1.37. The van der Waals surface area contributed by atoms with E-state index in [1.807, 2.05) is 61.7 Å². The summed E-state index contributed by atoms with van der Waals surface area (Å²) in [4.78, 5) is 14.4. The zero-order valence-corrected chi connectivity index (χ0v) is 37.8. The number of hydrogen-bond acceptors (Lipinski definition) is 4. The van der Waals surface area contributed by atoms with Crippen molar-refractivity contribution < 1.29 is 24.5 Å². The Kier molecular flexibility index (Phi) is 11.5. The smallest absolute Gasteiger partial charge is 0.123 e. The Morgan fingerprint density at radius 2 is 1.50 bits per heavy atom. The molecule has 0 unspecified atom stereocenters. The summed E-state index contributed by atoms with van der Waals surface area (Å²) in [5, 5.41) is 3.69. The van der Waals surface area contributed by atoms with Gasteiger partial charge in [-0.25, -0.2) is 0 Å². The van der Waals surface area contributed by atoms with Crippen LogP contribution in [0.2, 0.25) is 19.6 Å². The van der Waals surface area contributed by atoms with E-state index in [1.54, 1.807) is 0 Å². The monoisotopic (exact) mass is 953 g/mol. The van der Waals surface area contributed by atoms with Crippen molar-refractivity contribution >= 4 is 46.2 Å². The Hall–Kier alpha value is -5.46. The maximum Gasteiger partial charge on any atom is 0.123 e. The zero-order chi connectivity index (χ0) is 39.9. The van der Waals surface area contributed by atoms with Gasteiger partial charge in [-0.05, 0) is 58.8 Å². The summed E-state index contributed by atoms with van der Waals surface area (Å²) < 4.78 is 8.46. The molecule has 4 heterocycles. The van der Waals surface area contributed by atoms with Crippen LogP contribution >= 0.6 is 0 Å². The number of aryl methyl sites for hydroxylation is 2. The first-order chi connectivity index (χ1) is 27.4. The SMILES string of the molecule is CC(C)(C)Cc1cc(-c2[c-]cccc2)ncc1[Si](C)(C)C.Cc1nccc2c1nc(-c1[c-]c3oc4ccccc4c3c(C)c1)n2-c1ccccc1-c1ccccc1.[Ir]. The van der Waals surface area contributed by atoms with Crippen molar-refractivity contribution in [1.29, 1.82) is 0 Å². The van der Waals surface area contributed by atoms with Crippen molar-refractivity contribution in [1.82, 2.24) is 19.5 Å². The van der Waals surface area contributed by atoms with Crippen LogP contribution in [0.5, 0.6) is 0 Å². The van der Waals surface area contributed by atoms with Crippen molar-refractivity contribution in [2.75, 3.05) is 0 Å². The van der Waals surface area contributed by atoms with Gasteiger partial charge in [-0.3, -0.25) is 9.97 Å². The summed E-state index contributed by atoms with van der Waals surface area (Å²) in [5.41, 5.74) is 13.6. The maximum absolute atomic E-state index is 6.23. The topological polar surface area (TPSA) is 56.7 Å². The van der Waals surface area contributed by atoms with Crippen LogP contribution in [-0.4, -0.2) is 27.6 Å². The van der Waals surface area contributed by atoms with Gasteiger partial charge in [0.05, 0.1) is 36.2 Å². The first-order valence-electron chi connectivity index (χ1n) is 19.7. The van der Waals surface area contributed by atoms with E-state index in [0.717, 1.165) is 90.1 Å². The van der Waals surface area contributed by atoms with E-state index in [9.17, 15) is 0 Å². The summed E-state index contributed by atoms with van der Waals surface area (Å²) in [6.07, 6.45) is 5.06. The molecule has 7 heteroatoms. The fourth-order valence-corrected chi connectivity index (χ4v) is 9.35. The van der Waals surface area contributed by atoms with Crippen LogP contribution in [0.15, 0.2) is 138 Å². The van der Waals surface area contributed by atoms with Crippen molar-refractivity contribution in [3.05, 3.63) is 163 Å². The van der Waals surface area contributed by atoms with Crippen molar-refractivity contribution in [2.45, 2.75) is 60.7 Å². The second kappa shape index (κ2) is 16.4. The Morgan fingerprint density at radius 1 is 0.776 bits per heavy atom. The third-order valence-electron chi connectivity index (χ3n) is 10.3. The van der Waals surface area contributed by atoms with E-state index in [-0.39, 0.29) is 25.5 Å². The third kappa shape index (κ3) is 8.26. The summed E-state index contributed by atoms with van der Waals surface area (Å²) in [6.45, 7) is 18.2. The fraction of sp³-hybridized carbons (Fsp3) is 0.196. The molecule has 5 nitrogen and oxygen atoms in total. The Bertz CT molecular complexity index is 2870. The second-order valence-electron chi connectivity index (χ2n) is 17.1. The van der Waals surface area contributed by atoms with Crippen LogP contribution in [-0.2, 0) is 26.5 Å². The normalized spacial score (nSPS) is 11.7. The number of para-hydroxylation sites is 2. The van der Waals surface area contributed by atoms with Gasteiger partial charge in [0.15, 0.2) is 0 Å². The molecule has 5 aromatic carbocycles. The van der Waals surface area contributed by atoms with Gasteiger partial charge in [-0.15, -0.1) is 53.1 Å². The number of hydrogen-bond donors (Lipinski definition) is 0. The summed E-state index contributed by atoms with van der Waals surface area (Å²) in [5.74, 6) is 0.815. The number of fused-ring (bicyclic) bond motifs is 4. The molecule has 4 aromatic heterocycles. The number of rotatable bonds is 6. The maximum atomic E-state index is 6.23. The van der Waals surface area contributed by atoms with Crippen LogP contribution in [0.4, 0.5) is 0 Å². The molecule has 1 radical (unpaired) electrons. The van der Waals surface area contributed by atoms with Crippen molar-refractivity contribution in [2.24, 2.45) is 5.41 Å². The Labute approximate surface area is 356 Å². The molecular weight excluding hydrogens is 905 g/mol. The first kappa shape index (κ1) is 40.7. The van der Waals surface area contributed by atoms with E-state index in [4.69, 9.17) is 14.4 Å². The molecule has 9 rings (SSSR count). The molecule has 0 N–H and O–H groups in total. The van der Waals surface area contributed by atoms with Crippen molar-refractivity contribution in [3.8, 4) is 39.5 Å². The van der Waals surface area contributed by atoms with Crippen LogP contribution < -0.4 is 5.19 Å². The molecule has 0 atom stereocenters. The summed E-state index contributed by atoms with van der Waals surface area (Å²) >= 11 is 0. The number of nitrogens with zero attached hydrogens (tertiary/aromatic N) is 4. The summed E-state index contributed by atoms with van der Waals surface area (Å²) in [6, 6.07) is 48.4. The number of imidazole rings is 1. The average molecular weight is 953 g/mol. The molecule has 0 fully saturated rings. The van der Waals surface area contributed by atoms with E-state index >= 15 is 0 Å². The number of benzene rings is 5. The molecule has 0 aliphatic rings.